The van der Waals surface area contributed by atoms with Gasteiger partial charge >= 0.3 is 0 Å². The first-order valence-electron chi connectivity index (χ1n) is 8.47. The number of nitrogens with one attached hydrogen (secondary N) is 1. The van der Waals surface area contributed by atoms with Gasteiger partial charge in [0.2, 0.25) is 5.91 Å². The number of ketones is 1. The van der Waals surface area contributed by atoms with Crippen molar-refractivity contribution in [3.63, 3.8) is 0 Å². The number of rotatable bonds is 8. The minimum absolute atomic E-state index is 0.00317. The predicted octanol–water partition coefficient (Wildman–Crippen LogP) is 4.34. The van der Waals surface area contributed by atoms with Crippen molar-refractivity contribution in [2.75, 3.05) is 12.3 Å². The van der Waals surface area contributed by atoms with Gasteiger partial charge in [0.15, 0.2) is 10.1 Å². The molecular weight excluding hydrogens is 364 g/mol. The third-order valence-corrected chi connectivity index (χ3v) is 6.07. The van der Waals surface area contributed by atoms with Gasteiger partial charge in [0.25, 0.3) is 0 Å². The maximum Gasteiger partial charge on any atom is 0.216 e. The Morgan fingerprint density at radius 1 is 1.12 bits per heavy atom. The Balaban J connectivity index is 1.50. The average molecular weight is 385 g/mol. The van der Waals surface area contributed by atoms with Crippen molar-refractivity contribution >= 4 is 45.0 Å². The predicted molar refractivity (Wildman–Crippen MR) is 108 cm³/mol. The summed E-state index contributed by atoms with van der Waals surface area (Å²) in [6.07, 6.45) is 1.77. The van der Waals surface area contributed by atoms with Crippen molar-refractivity contribution < 1.29 is 9.59 Å². The van der Waals surface area contributed by atoms with Crippen LogP contribution in [0.1, 0.15) is 29.3 Å². The number of thioether (sulfide) groups is 1. The number of thiazole rings is 1. The van der Waals surface area contributed by atoms with Crippen molar-refractivity contribution in [1.82, 2.24) is 10.3 Å². The fourth-order valence-electron chi connectivity index (χ4n) is 2.54. The number of aromatic nitrogens is 1. The zero-order chi connectivity index (χ0) is 18.4. The van der Waals surface area contributed by atoms with E-state index >= 15 is 0 Å². The van der Waals surface area contributed by atoms with Gasteiger partial charge in [-0.15, -0.1) is 11.3 Å². The van der Waals surface area contributed by atoms with E-state index in [0.29, 0.717) is 12.3 Å². The fraction of sp³-hybridized carbons (Fsp3) is 0.250. The Labute approximate surface area is 161 Å². The van der Waals surface area contributed by atoms with Gasteiger partial charge in [0.1, 0.15) is 0 Å². The number of carbonyl (C=O) groups excluding carboxylic acids is 2. The average Bonchev–Trinajstić information content (AvgIpc) is 3.06. The molecule has 1 aromatic heterocycles. The maximum atomic E-state index is 12.4. The van der Waals surface area contributed by atoms with Gasteiger partial charge in [-0.25, -0.2) is 4.98 Å². The molecule has 0 atom stereocenters. The lowest BCUT2D eigenvalue weighted by Gasteiger charge is -2.04. The second-order valence-electron chi connectivity index (χ2n) is 5.94. The van der Waals surface area contributed by atoms with E-state index in [-0.39, 0.29) is 11.7 Å². The molecule has 1 N–H and O–H groups in total. The van der Waals surface area contributed by atoms with Crippen LogP contribution in [0, 0.1) is 0 Å². The molecular formula is C20H20N2O2S2. The lowest BCUT2D eigenvalue weighted by atomic mass is 10.1. The van der Waals surface area contributed by atoms with E-state index in [2.05, 4.69) is 10.3 Å². The standard InChI is InChI=1S/C20H20N2O2S2/c1-14(23)21-12-4-5-15-8-10-16(11-9-15)18(24)13-25-20-22-17-6-2-3-7-19(17)26-20/h2-3,6-11H,4-5,12-13H2,1H3,(H,21,23). The first-order valence-corrected chi connectivity index (χ1v) is 10.3. The molecule has 0 aliphatic rings. The van der Waals surface area contributed by atoms with Crippen LogP contribution in [0.15, 0.2) is 52.9 Å². The summed E-state index contributed by atoms with van der Waals surface area (Å²) >= 11 is 3.11. The van der Waals surface area contributed by atoms with E-state index in [0.717, 1.165) is 33.0 Å². The minimum Gasteiger partial charge on any atom is -0.356 e. The maximum absolute atomic E-state index is 12.4. The molecule has 0 fully saturated rings. The Hall–Kier alpha value is -2.18. The van der Waals surface area contributed by atoms with Crippen molar-refractivity contribution in [1.29, 1.82) is 0 Å². The van der Waals surface area contributed by atoms with Gasteiger partial charge in [-0.05, 0) is 30.5 Å². The van der Waals surface area contributed by atoms with E-state index in [9.17, 15) is 9.59 Å². The lowest BCUT2D eigenvalue weighted by molar-refractivity contribution is -0.118. The highest BCUT2D eigenvalue weighted by molar-refractivity contribution is 8.01. The van der Waals surface area contributed by atoms with E-state index in [1.807, 2.05) is 48.5 Å². The molecule has 1 amide bonds. The number of para-hydroxylation sites is 1. The zero-order valence-corrected chi connectivity index (χ0v) is 16.2. The molecule has 4 nitrogen and oxygen atoms in total. The van der Waals surface area contributed by atoms with E-state index in [1.54, 1.807) is 11.3 Å². The van der Waals surface area contributed by atoms with Gasteiger partial charge in [-0.2, -0.15) is 0 Å². The number of Topliss-reactive ketones (excluding diaryl/α,β-unsaturated/α-hetero) is 1. The monoisotopic (exact) mass is 384 g/mol. The van der Waals surface area contributed by atoms with Crippen molar-refractivity contribution in [3.05, 3.63) is 59.7 Å². The largest absolute Gasteiger partial charge is 0.356 e. The number of carbonyl (C=O) groups is 2. The molecule has 2 aromatic carbocycles. The number of aryl methyl sites for hydroxylation is 1. The number of hydrogen-bond donors (Lipinski definition) is 1. The summed E-state index contributed by atoms with van der Waals surface area (Å²) in [4.78, 5) is 27.8. The van der Waals surface area contributed by atoms with Gasteiger partial charge in [0.05, 0.1) is 16.0 Å². The summed E-state index contributed by atoms with van der Waals surface area (Å²) in [7, 11) is 0. The smallest absolute Gasteiger partial charge is 0.216 e. The molecule has 3 aromatic rings. The molecule has 26 heavy (non-hydrogen) atoms. The number of benzene rings is 2. The second-order valence-corrected chi connectivity index (χ2v) is 8.20. The molecule has 3 rings (SSSR count). The molecule has 0 unspecified atom stereocenters. The second kappa shape index (κ2) is 8.96. The highest BCUT2D eigenvalue weighted by Crippen LogP contribution is 2.29. The van der Waals surface area contributed by atoms with E-state index < -0.39 is 0 Å². The molecule has 134 valence electrons. The summed E-state index contributed by atoms with van der Waals surface area (Å²) in [6.45, 7) is 2.20. The molecule has 0 aliphatic carbocycles. The lowest BCUT2D eigenvalue weighted by Crippen LogP contribution is -2.21. The number of fused-ring (bicyclic) bond motifs is 1. The summed E-state index contributed by atoms with van der Waals surface area (Å²) in [5.74, 6) is 0.498. The minimum atomic E-state index is -0.00317. The Morgan fingerprint density at radius 2 is 1.88 bits per heavy atom. The Bertz CT molecular complexity index is 871. The molecule has 0 aliphatic heterocycles. The number of hydrogen-bond acceptors (Lipinski definition) is 5. The van der Waals surface area contributed by atoms with E-state index in [1.165, 1.54) is 24.2 Å². The molecule has 0 bridgehead atoms. The van der Waals surface area contributed by atoms with Crippen LogP contribution in [0.4, 0.5) is 0 Å². The topological polar surface area (TPSA) is 59.1 Å². The van der Waals surface area contributed by atoms with Gasteiger partial charge in [0, 0.05) is 19.0 Å². The number of nitrogens with zero attached hydrogens (tertiary/aromatic N) is 1. The van der Waals surface area contributed by atoms with Crippen molar-refractivity contribution in [3.8, 4) is 0 Å². The third kappa shape index (κ3) is 5.16. The van der Waals surface area contributed by atoms with Crippen LogP contribution in [0.3, 0.4) is 0 Å². The summed E-state index contributed by atoms with van der Waals surface area (Å²) < 4.78 is 2.07. The summed E-state index contributed by atoms with van der Waals surface area (Å²) in [5.41, 5.74) is 2.88. The van der Waals surface area contributed by atoms with Gasteiger partial charge in [-0.3, -0.25) is 9.59 Å². The molecule has 6 heteroatoms. The van der Waals surface area contributed by atoms with Gasteiger partial charge < -0.3 is 5.32 Å². The molecule has 0 spiro atoms. The van der Waals surface area contributed by atoms with E-state index in [4.69, 9.17) is 0 Å². The molecule has 0 saturated carbocycles. The van der Waals surface area contributed by atoms with Crippen LogP contribution in [0.25, 0.3) is 10.2 Å². The normalized spacial score (nSPS) is 10.8. The third-order valence-electron chi connectivity index (χ3n) is 3.89. The quantitative estimate of drug-likeness (QED) is 0.357. The first kappa shape index (κ1) is 18.6. The Morgan fingerprint density at radius 3 is 2.62 bits per heavy atom. The van der Waals surface area contributed by atoms with Crippen LogP contribution in [0.2, 0.25) is 0 Å². The van der Waals surface area contributed by atoms with Crippen LogP contribution in [-0.2, 0) is 11.2 Å². The number of amides is 1. The highest BCUT2D eigenvalue weighted by atomic mass is 32.2. The SMILES string of the molecule is CC(=O)NCCCc1ccc(C(=O)CSc2nc3ccccc3s2)cc1. The van der Waals surface area contributed by atoms with Gasteiger partial charge in [-0.1, -0.05) is 48.2 Å². The van der Waals surface area contributed by atoms with Crippen molar-refractivity contribution in [2.24, 2.45) is 0 Å². The molecule has 0 saturated heterocycles. The summed E-state index contributed by atoms with van der Waals surface area (Å²) in [5, 5.41) is 2.79. The van der Waals surface area contributed by atoms with Crippen LogP contribution < -0.4 is 5.32 Å². The highest BCUT2D eigenvalue weighted by Gasteiger charge is 2.10. The first-order chi connectivity index (χ1) is 12.6. The summed E-state index contributed by atoms with van der Waals surface area (Å²) in [6, 6.07) is 15.7. The van der Waals surface area contributed by atoms with Crippen LogP contribution >= 0.6 is 23.1 Å². The molecule has 0 radical (unpaired) electrons. The van der Waals surface area contributed by atoms with Crippen LogP contribution in [-0.4, -0.2) is 29.0 Å². The van der Waals surface area contributed by atoms with Crippen molar-refractivity contribution in [2.45, 2.75) is 24.1 Å². The Kier molecular flexibility index (Phi) is 6.41. The fourth-order valence-corrected chi connectivity index (χ4v) is 4.50. The zero-order valence-electron chi connectivity index (χ0n) is 14.5. The van der Waals surface area contributed by atoms with Crippen LogP contribution in [0.5, 0.6) is 0 Å². The molecule has 1 heterocycles.